The van der Waals surface area contributed by atoms with E-state index in [-0.39, 0.29) is 11.8 Å². The molecule has 0 amide bonds. The second-order valence-electron chi connectivity index (χ2n) is 5.13. The van der Waals surface area contributed by atoms with Crippen LogP contribution in [-0.4, -0.2) is 22.2 Å². The number of carboxylic acids is 2. The van der Waals surface area contributed by atoms with Crippen molar-refractivity contribution in [2.45, 2.75) is 26.2 Å². The summed E-state index contributed by atoms with van der Waals surface area (Å²) in [6, 6.07) is 1.99. The van der Waals surface area contributed by atoms with Gasteiger partial charge in [0.1, 0.15) is 0 Å². The predicted octanol–water partition coefficient (Wildman–Crippen LogP) is 1.66. The highest BCUT2D eigenvalue weighted by molar-refractivity contribution is 5.94. The molecular formula is C13H15NO4. The van der Waals surface area contributed by atoms with Gasteiger partial charge in [0.2, 0.25) is 0 Å². The molecule has 2 rings (SSSR count). The number of nitriles is 1. The Morgan fingerprint density at radius 3 is 2.61 bits per heavy atom. The molecule has 0 radical (unpaired) electrons. The smallest absolute Gasteiger partial charge is 0.319 e. The highest BCUT2D eigenvalue weighted by Crippen LogP contribution is 2.61. The molecule has 3 atom stereocenters. The summed E-state index contributed by atoms with van der Waals surface area (Å²) in [5.41, 5.74) is -0.0594. The number of carbonyl (C=O) groups is 2. The van der Waals surface area contributed by atoms with Crippen molar-refractivity contribution in [1.82, 2.24) is 0 Å². The summed E-state index contributed by atoms with van der Waals surface area (Å²) >= 11 is 0. The average Bonchev–Trinajstić information content (AvgIpc) is 2.62. The van der Waals surface area contributed by atoms with Gasteiger partial charge in [-0.25, -0.2) is 0 Å². The maximum Gasteiger partial charge on any atom is 0.319 e. The molecule has 5 heteroatoms. The Hall–Kier alpha value is -1.83. The lowest BCUT2D eigenvalue weighted by Gasteiger charge is -2.49. The standard InChI is InChI=1S/C13H15NO4/c1-2-7-3-8-5-13(6-14,9(8)4-7)10(11(15)16)12(17)18/h4,8-10H,2-3,5H2,1H3,(H,15,16)(H,17,18)/t8-,9-,13-/m1/s1. The summed E-state index contributed by atoms with van der Waals surface area (Å²) in [6.45, 7) is 2.01. The summed E-state index contributed by atoms with van der Waals surface area (Å²) in [7, 11) is 0. The first-order valence-electron chi connectivity index (χ1n) is 6.02. The molecule has 2 aliphatic rings. The molecule has 18 heavy (non-hydrogen) atoms. The minimum absolute atomic E-state index is 0.213. The Labute approximate surface area is 105 Å². The summed E-state index contributed by atoms with van der Waals surface area (Å²) in [4.78, 5) is 22.3. The Bertz CT molecular complexity index is 462. The van der Waals surface area contributed by atoms with E-state index in [4.69, 9.17) is 10.2 Å². The Balaban J connectivity index is 2.35. The fourth-order valence-corrected chi connectivity index (χ4v) is 3.40. The third-order valence-electron chi connectivity index (χ3n) is 4.31. The predicted molar refractivity (Wildman–Crippen MR) is 61.4 cm³/mol. The number of carboxylic acid groups (broad SMARTS) is 2. The average molecular weight is 249 g/mol. The molecule has 1 saturated carbocycles. The highest BCUT2D eigenvalue weighted by Gasteiger charge is 2.63. The van der Waals surface area contributed by atoms with Crippen molar-refractivity contribution < 1.29 is 19.8 Å². The van der Waals surface area contributed by atoms with Gasteiger partial charge < -0.3 is 10.2 Å². The lowest BCUT2D eigenvalue weighted by atomic mass is 9.50. The van der Waals surface area contributed by atoms with E-state index in [2.05, 4.69) is 0 Å². The lowest BCUT2D eigenvalue weighted by Crippen LogP contribution is -2.54. The molecule has 0 saturated heterocycles. The summed E-state index contributed by atoms with van der Waals surface area (Å²) < 4.78 is 0. The van der Waals surface area contributed by atoms with E-state index in [0.717, 1.165) is 12.8 Å². The van der Waals surface area contributed by atoms with Crippen molar-refractivity contribution in [2.24, 2.45) is 23.2 Å². The molecule has 1 fully saturated rings. The summed E-state index contributed by atoms with van der Waals surface area (Å²) in [5.74, 6) is -4.42. The van der Waals surface area contributed by atoms with E-state index in [1.165, 1.54) is 5.57 Å². The third-order valence-corrected chi connectivity index (χ3v) is 4.31. The molecule has 0 aromatic carbocycles. The van der Waals surface area contributed by atoms with Crippen LogP contribution in [0.2, 0.25) is 0 Å². The number of fused-ring (bicyclic) bond motifs is 1. The Kier molecular flexibility index (Phi) is 2.89. The SMILES string of the molecule is CCC1=C[C@@H]2[C@H](C1)C[C@]2(C#N)C(C(=O)O)C(=O)O. The lowest BCUT2D eigenvalue weighted by molar-refractivity contribution is -0.166. The molecule has 2 aliphatic carbocycles. The van der Waals surface area contributed by atoms with Gasteiger partial charge >= 0.3 is 11.9 Å². The van der Waals surface area contributed by atoms with Gasteiger partial charge in [-0.1, -0.05) is 18.6 Å². The van der Waals surface area contributed by atoms with Crippen LogP contribution in [0.1, 0.15) is 26.2 Å². The van der Waals surface area contributed by atoms with Crippen molar-refractivity contribution in [2.75, 3.05) is 0 Å². The zero-order valence-corrected chi connectivity index (χ0v) is 10.1. The first-order chi connectivity index (χ1) is 8.46. The van der Waals surface area contributed by atoms with Gasteiger partial charge in [-0.15, -0.1) is 0 Å². The number of allylic oxidation sites excluding steroid dienone is 2. The minimum Gasteiger partial charge on any atom is -0.481 e. The van der Waals surface area contributed by atoms with E-state index in [1.54, 1.807) is 0 Å². The number of hydrogen-bond donors (Lipinski definition) is 2. The summed E-state index contributed by atoms with van der Waals surface area (Å²) in [5, 5.41) is 27.4. The van der Waals surface area contributed by atoms with Crippen molar-refractivity contribution in [1.29, 1.82) is 5.26 Å². The highest BCUT2D eigenvalue weighted by atomic mass is 16.4. The fourth-order valence-electron chi connectivity index (χ4n) is 3.40. The van der Waals surface area contributed by atoms with Crippen LogP contribution in [0.25, 0.3) is 0 Å². The quantitative estimate of drug-likeness (QED) is 0.583. The molecule has 0 spiro atoms. The van der Waals surface area contributed by atoms with Gasteiger partial charge in [-0.2, -0.15) is 5.26 Å². The van der Waals surface area contributed by atoms with Crippen molar-refractivity contribution >= 4 is 11.9 Å². The second-order valence-corrected chi connectivity index (χ2v) is 5.13. The van der Waals surface area contributed by atoms with Gasteiger partial charge in [0.15, 0.2) is 5.92 Å². The minimum atomic E-state index is -1.63. The molecule has 0 aliphatic heterocycles. The fraction of sp³-hybridized carbons (Fsp3) is 0.615. The van der Waals surface area contributed by atoms with Gasteiger partial charge in [0.05, 0.1) is 11.5 Å². The topological polar surface area (TPSA) is 98.4 Å². The molecule has 0 aromatic heterocycles. The maximum atomic E-state index is 11.1. The molecule has 2 N–H and O–H groups in total. The molecule has 0 bridgehead atoms. The third kappa shape index (κ3) is 1.52. The van der Waals surface area contributed by atoms with Gasteiger partial charge in [-0.3, -0.25) is 9.59 Å². The number of aliphatic carboxylic acids is 2. The van der Waals surface area contributed by atoms with Crippen molar-refractivity contribution in [3.63, 3.8) is 0 Å². The van der Waals surface area contributed by atoms with Crippen LogP contribution < -0.4 is 0 Å². The van der Waals surface area contributed by atoms with Crippen LogP contribution in [0.5, 0.6) is 0 Å². The van der Waals surface area contributed by atoms with Crippen LogP contribution in [0, 0.1) is 34.5 Å². The van der Waals surface area contributed by atoms with Crippen LogP contribution in [-0.2, 0) is 9.59 Å². The van der Waals surface area contributed by atoms with Crippen LogP contribution in [0.3, 0.4) is 0 Å². The molecule has 0 heterocycles. The Morgan fingerprint density at radius 1 is 1.56 bits per heavy atom. The molecule has 5 nitrogen and oxygen atoms in total. The molecule has 0 unspecified atom stereocenters. The first-order valence-corrected chi connectivity index (χ1v) is 6.02. The van der Waals surface area contributed by atoms with E-state index in [0.29, 0.717) is 6.42 Å². The van der Waals surface area contributed by atoms with E-state index in [1.807, 2.05) is 19.1 Å². The van der Waals surface area contributed by atoms with Gasteiger partial charge in [0, 0.05) is 5.92 Å². The normalized spacial score (nSPS) is 33.3. The van der Waals surface area contributed by atoms with Crippen LogP contribution >= 0.6 is 0 Å². The molecule has 0 aromatic rings. The monoisotopic (exact) mass is 249 g/mol. The van der Waals surface area contributed by atoms with E-state index >= 15 is 0 Å². The zero-order valence-electron chi connectivity index (χ0n) is 10.1. The summed E-state index contributed by atoms with van der Waals surface area (Å²) in [6.07, 6.45) is 4.05. The van der Waals surface area contributed by atoms with Crippen molar-refractivity contribution in [3.05, 3.63) is 11.6 Å². The largest absolute Gasteiger partial charge is 0.481 e. The Morgan fingerprint density at radius 2 is 2.17 bits per heavy atom. The molecule has 96 valence electrons. The van der Waals surface area contributed by atoms with Crippen LogP contribution in [0.15, 0.2) is 11.6 Å². The number of hydrogen-bond acceptors (Lipinski definition) is 3. The maximum absolute atomic E-state index is 11.1. The van der Waals surface area contributed by atoms with Crippen molar-refractivity contribution in [3.8, 4) is 6.07 Å². The van der Waals surface area contributed by atoms with E-state index < -0.39 is 23.3 Å². The number of rotatable bonds is 4. The molecular weight excluding hydrogens is 234 g/mol. The number of nitrogens with zero attached hydrogens (tertiary/aromatic N) is 1. The van der Waals surface area contributed by atoms with Crippen LogP contribution in [0.4, 0.5) is 0 Å². The second kappa shape index (κ2) is 4.13. The van der Waals surface area contributed by atoms with E-state index in [9.17, 15) is 14.9 Å². The van der Waals surface area contributed by atoms with Gasteiger partial charge in [-0.05, 0) is 25.2 Å². The first kappa shape index (κ1) is 12.6. The zero-order chi connectivity index (χ0) is 13.5. The van der Waals surface area contributed by atoms with Gasteiger partial charge in [0.25, 0.3) is 0 Å².